The quantitative estimate of drug-likeness (QED) is 0.786. The number of hydrogen-bond acceptors (Lipinski definition) is 3. The Morgan fingerprint density at radius 3 is 2.75 bits per heavy atom. The van der Waals surface area contributed by atoms with Gasteiger partial charge in [0.1, 0.15) is 11.2 Å². The van der Waals surface area contributed by atoms with E-state index in [0.29, 0.717) is 18.5 Å². The maximum Gasteiger partial charge on any atom is 0.399 e. The number of nitrogens with zero attached hydrogens (tertiary/aromatic N) is 1. The number of rotatable bonds is 3. The van der Waals surface area contributed by atoms with Crippen LogP contribution in [-0.4, -0.2) is 36.8 Å². The largest absolute Gasteiger partial charge is 0.399 e. The Hall–Kier alpha value is -2.35. The third kappa shape index (κ3) is 4.22. The van der Waals surface area contributed by atoms with E-state index in [2.05, 4.69) is 15.6 Å². The summed E-state index contributed by atoms with van der Waals surface area (Å²) in [7, 11) is 0. The van der Waals surface area contributed by atoms with Crippen molar-refractivity contribution >= 4 is 34.8 Å². The molecule has 28 heavy (non-hydrogen) atoms. The molecular formula is C19H19ClF3N3O2. The number of dihydropyridines is 1. The molecule has 0 aromatic heterocycles. The van der Waals surface area contributed by atoms with Crippen LogP contribution < -0.4 is 10.6 Å². The fourth-order valence-corrected chi connectivity index (χ4v) is 3.51. The lowest BCUT2D eigenvalue weighted by Gasteiger charge is -2.30. The maximum atomic E-state index is 13.1. The van der Waals surface area contributed by atoms with Crippen LogP contribution in [0.2, 0.25) is 0 Å². The minimum Gasteiger partial charge on any atom is -0.332 e. The molecule has 2 N–H and O–H groups in total. The van der Waals surface area contributed by atoms with Crippen LogP contribution in [0.15, 0.2) is 34.3 Å². The van der Waals surface area contributed by atoms with Crippen LogP contribution in [0.1, 0.15) is 24.5 Å². The molecule has 1 aliphatic carbocycles. The molecule has 3 rings (SSSR count). The van der Waals surface area contributed by atoms with Gasteiger partial charge in [-0.15, -0.1) is 0 Å². The highest BCUT2D eigenvalue weighted by Crippen LogP contribution is 2.42. The van der Waals surface area contributed by atoms with E-state index in [0.717, 1.165) is 24.1 Å². The first kappa shape index (κ1) is 20.4. The number of nitrogens with one attached hydrogen (secondary N) is 2. The molecule has 2 aliphatic rings. The predicted octanol–water partition coefficient (Wildman–Crippen LogP) is 4.01. The normalized spacial score (nSPS) is 22.1. The summed E-state index contributed by atoms with van der Waals surface area (Å²) in [6, 6.07) is 4.87. The van der Waals surface area contributed by atoms with E-state index in [9.17, 15) is 22.8 Å². The van der Waals surface area contributed by atoms with Crippen molar-refractivity contribution in [3.63, 3.8) is 0 Å². The number of Topliss-reactive ketones (excluding diaryl/α,β-unsaturated/α-hetero) is 1. The van der Waals surface area contributed by atoms with Gasteiger partial charge in [-0.1, -0.05) is 23.7 Å². The molecule has 1 aromatic carbocycles. The number of alkyl halides is 3. The van der Waals surface area contributed by atoms with Gasteiger partial charge in [0.05, 0.1) is 23.8 Å². The summed E-state index contributed by atoms with van der Waals surface area (Å²) in [5.74, 6) is 0.114. The fraction of sp³-hybridized carbons (Fsp3) is 0.421. The van der Waals surface area contributed by atoms with Crippen molar-refractivity contribution in [2.45, 2.75) is 32.4 Å². The molecule has 0 saturated heterocycles. The van der Waals surface area contributed by atoms with Crippen LogP contribution in [-0.2, 0) is 17.6 Å². The molecule has 9 heteroatoms. The maximum absolute atomic E-state index is 13.1. The molecule has 1 unspecified atom stereocenters. The summed E-state index contributed by atoms with van der Waals surface area (Å²) >= 11 is 5.95. The number of hydrogen-bond donors (Lipinski definition) is 2. The van der Waals surface area contributed by atoms with Gasteiger partial charge in [0, 0.05) is 18.5 Å². The van der Waals surface area contributed by atoms with Gasteiger partial charge >= 0.3 is 12.2 Å². The molecule has 0 bridgehead atoms. The molecule has 0 radical (unpaired) electrons. The van der Waals surface area contributed by atoms with Gasteiger partial charge in [0.25, 0.3) is 0 Å². The Morgan fingerprint density at radius 1 is 1.32 bits per heavy atom. The molecule has 0 saturated carbocycles. The van der Waals surface area contributed by atoms with Crippen molar-refractivity contribution in [3.05, 3.63) is 40.4 Å². The highest BCUT2D eigenvalue weighted by molar-refractivity contribution is 6.44. The standard InChI is InChI=1S/C19H19ClF3N3O2/c1-18(19(21,22)23)8-14(20)16(25-10-18)9-24-17(28)26-15-4-2-3-11-5-6-12(27)7-13(11)15/h2-4,8H,5-7,9-10H2,1H3,(H2,24,26,28). The Balaban J connectivity index is 1.62. The first-order chi connectivity index (χ1) is 13.1. The molecule has 1 aromatic rings. The molecule has 5 nitrogen and oxygen atoms in total. The zero-order chi connectivity index (χ0) is 20.5. The number of carbonyl (C=O) groups excluding carboxylic acids is 2. The molecule has 0 spiro atoms. The number of carbonyl (C=O) groups is 2. The Kier molecular flexibility index (Phi) is 5.52. The van der Waals surface area contributed by atoms with Crippen molar-refractivity contribution in [1.29, 1.82) is 0 Å². The first-order valence-corrected chi connectivity index (χ1v) is 9.13. The molecule has 150 valence electrons. The monoisotopic (exact) mass is 413 g/mol. The van der Waals surface area contributed by atoms with Gasteiger partial charge in [-0.05, 0) is 36.6 Å². The van der Waals surface area contributed by atoms with Crippen molar-refractivity contribution in [3.8, 4) is 0 Å². The molecular weight excluding hydrogens is 395 g/mol. The number of ketones is 1. The summed E-state index contributed by atoms with van der Waals surface area (Å²) in [5.41, 5.74) is 0.420. The fourth-order valence-electron chi connectivity index (χ4n) is 3.14. The van der Waals surface area contributed by atoms with E-state index in [1.165, 1.54) is 0 Å². The van der Waals surface area contributed by atoms with Crippen LogP contribution in [0.4, 0.5) is 23.7 Å². The Labute approximate surface area is 165 Å². The first-order valence-electron chi connectivity index (χ1n) is 8.75. The van der Waals surface area contributed by atoms with Gasteiger partial charge in [-0.25, -0.2) is 4.79 Å². The van der Waals surface area contributed by atoms with Gasteiger partial charge in [-0.3, -0.25) is 9.79 Å². The molecule has 2 amide bonds. The smallest absolute Gasteiger partial charge is 0.332 e. The van der Waals surface area contributed by atoms with Crippen molar-refractivity contribution in [1.82, 2.24) is 5.32 Å². The van der Waals surface area contributed by atoms with Crippen LogP contribution in [0.25, 0.3) is 0 Å². The lowest BCUT2D eigenvalue weighted by Crippen LogP contribution is -2.41. The summed E-state index contributed by atoms with van der Waals surface area (Å²) in [5, 5.41) is 5.10. The number of fused-ring (bicyclic) bond motifs is 1. The van der Waals surface area contributed by atoms with E-state index >= 15 is 0 Å². The average molecular weight is 414 g/mol. The second kappa shape index (κ2) is 7.58. The summed E-state index contributed by atoms with van der Waals surface area (Å²) < 4.78 is 39.2. The van der Waals surface area contributed by atoms with Crippen LogP contribution in [0.3, 0.4) is 0 Å². The van der Waals surface area contributed by atoms with E-state index in [-0.39, 0.29) is 29.5 Å². The number of halogens is 4. The number of urea groups is 1. The van der Waals surface area contributed by atoms with Crippen LogP contribution >= 0.6 is 11.6 Å². The van der Waals surface area contributed by atoms with Crippen molar-refractivity contribution in [2.24, 2.45) is 10.4 Å². The number of aryl methyl sites for hydroxylation is 1. The zero-order valence-electron chi connectivity index (χ0n) is 15.1. The molecule has 0 fully saturated rings. The van der Waals surface area contributed by atoms with Gasteiger partial charge in [-0.2, -0.15) is 13.2 Å². The second-order valence-electron chi connectivity index (χ2n) is 7.14. The van der Waals surface area contributed by atoms with E-state index < -0.39 is 24.2 Å². The lowest BCUT2D eigenvalue weighted by atomic mass is 9.87. The van der Waals surface area contributed by atoms with Gasteiger partial charge in [0.2, 0.25) is 0 Å². The minimum atomic E-state index is -4.46. The Morgan fingerprint density at radius 2 is 2.07 bits per heavy atom. The minimum absolute atomic E-state index is 0.108. The summed E-state index contributed by atoms with van der Waals surface area (Å²) in [6.45, 7) is 0.429. The number of benzene rings is 1. The zero-order valence-corrected chi connectivity index (χ0v) is 15.9. The summed E-state index contributed by atoms with van der Waals surface area (Å²) in [4.78, 5) is 27.8. The number of aliphatic imine (C=N–C) groups is 1. The van der Waals surface area contributed by atoms with Crippen LogP contribution in [0.5, 0.6) is 0 Å². The molecule has 1 atom stereocenters. The topological polar surface area (TPSA) is 70.6 Å². The highest BCUT2D eigenvalue weighted by atomic mass is 35.5. The highest BCUT2D eigenvalue weighted by Gasteiger charge is 2.51. The Bertz CT molecular complexity index is 880. The lowest BCUT2D eigenvalue weighted by molar-refractivity contribution is -0.196. The van der Waals surface area contributed by atoms with Gasteiger partial charge < -0.3 is 10.6 Å². The number of anilines is 1. The van der Waals surface area contributed by atoms with Crippen LogP contribution in [0, 0.1) is 5.41 Å². The van der Waals surface area contributed by atoms with E-state index in [1.807, 2.05) is 6.07 Å². The SMILES string of the molecule is CC1(C(F)(F)F)C=C(Cl)C(CNC(=O)Nc2cccc3c2CC(=O)CC3)=NC1. The van der Waals surface area contributed by atoms with E-state index in [1.54, 1.807) is 12.1 Å². The third-order valence-corrected chi connectivity index (χ3v) is 5.28. The average Bonchev–Trinajstić information content (AvgIpc) is 2.60. The summed E-state index contributed by atoms with van der Waals surface area (Å²) in [6.07, 6.45) is -2.14. The van der Waals surface area contributed by atoms with Gasteiger partial charge in [0.15, 0.2) is 0 Å². The number of amides is 2. The van der Waals surface area contributed by atoms with Crippen molar-refractivity contribution < 1.29 is 22.8 Å². The van der Waals surface area contributed by atoms with Crippen molar-refractivity contribution in [2.75, 3.05) is 18.4 Å². The third-order valence-electron chi connectivity index (χ3n) is 4.95. The molecule has 1 heterocycles. The predicted molar refractivity (Wildman–Crippen MR) is 101 cm³/mol. The van der Waals surface area contributed by atoms with E-state index in [4.69, 9.17) is 11.6 Å². The second-order valence-corrected chi connectivity index (χ2v) is 7.54. The molecule has 1 aliphatic heterocycles.